The zero-order valence-electron chi connectivity index (χ0n) is 13.8. The molecule has 0 radical (unpaired) electrons. The minimum atomic E-state index is -0.916. The Morgan fingerprint density at radius 1 is 1.36 bits per heavy atom. The summed E-state index contributed by atoms with van der Waals surface area (Å²) in [6.07, 6.45) is 5.99. The number of nitrogens with zero attached hydrogens (tertiary/aromatic N) is 4. The molecule has 1 amide bonds. The lowest BCUT2D eigenvalue weighted by atomic mass is 9.85. The van der Waals surface area contributed by atoms with Gasteiger partial charge in [0.05, 0.1) is 5.69 Å². The number of carboxylic acid groups (broad SMARTS) is 1. The molecule has 132 valence electrons. The van der Waals surface area contributed by atoms with Crippen LogP contribution in [0.4, 0.5) is 0 Å². The molecule has 0 spiro atoms. The van der Waals surface area contributed by atoms with E-state index in [1.54, 1.807) is 11.8 Å². The average molecular weight is 361 g/mol. The second-order valence-corrected chi connectivity index (χ2v) is 7.68. The van der Waals surface area contributed by atoms with Crippen LogP contribution in [-0.4, -0.2) is 54.1 Å². The predicted molar refractivity (Wildman–Crippen MR) is 90.2 cm³/mol. The fourth-order valence-electron chi connectivity index (χ4n) is 4.09. The van der Waals surface area contributed by atoms with Crippen LogP contribution in [0.15, 0.2) is 6.33 Å². The third-order valence-electron chi connectivity index (χ3n) is 5.22. The van der Waals surface area contributed by atoms with Crippen LogP contribution in [0.25, 0.3) is 10.8 Å². The number of thiazole rings is 1. The smallest absolute Gasteiger partial charge is 0.326 e. The summed E-state index contributed by atoms with van der Waals surface area (Å²) < 4.78 is 0. The first-order chi connectivity index (χ1) is 12.1. The van der Waals surface area contributed by atoms with Crippen molar-refractivity contribution in [3.63, 3.8) is 0 Å². The van der Waals surface area contributed by atoms with Crippen molar-refractivity contribution in [2.45, 2.75) is 51.1 Å². The van der Waals surface area contributed by atoms with E-state index in [4.69, 9.17) is 0 Å². The molecule has 1 saturated carbocycles. The van der Waals surface area contributed by atoms with Gasteiger partial charge in [0.25, 0.3) is 5.91 Å². The van der Waals surface area contributed by atoms with E-state index in [-0.39, 0.29) is 11.9 Å². The number of hydrogen-bond acceptors (Lipinski definition) is 6. The molecule has 0 unspecified atom stereocenters. The molecule has 2 N–H and O–H groups in total. The Hall–Kier alpha value is -2.29. The van der Waals surface area contributed by atoms with Gasteiger partial charge in [-0.3, -0.25) is 9.89 Å². The minimum Gasteiger partial charge on any atom is -0.480 e. The van der Waals surface area contributed by atoms with Crippen LogP contribution in [-0.2, 0) is 4.79 Å². The Morgan fingerprint density at radius 2 is 2.16 bits per heavy atom. The Morgan fingerprint density at radius 3 is 2.88 bits per heavy atom. The van der Waals surface area contributed by atoms with Crippen molar-refractivity contribution in [1.82, 2.24) is 25.1 Å². The Kier molecular flexibility index (Phi) is 4.03. The molecule has 2 aliphatic rings. The molecular weight excluding hydrogens is 342 g/mol. The number of nitrogens with one attached hydrogen (secondary N) is 1. The van der Waals surface area contributed by atoms with E-state index in [1.807, 2.05) is 0 Å². The third kappa shape index (κ3) is 2.72. The maximum absolute atomic E-state index is 13.2. The van der Waals surface area contributed by atoms with Gasteiger partial charge in [0, 0.05) is 6.04 Å². The van der Waals surface area contributed by atoms with E-state index in [2.05, 4.69) is 20.2 Å². The Bertz CT molecular complexity index is 803. The number of amides is 1. The highest BCUT2D eigenvalue weighted by molar-refractivity contribution is 7.17. The van der Waals surface area contributed by atoms with Crippen molar-refractivity contribution in [3.05, 3.63) is 16.9 Å². The number of aryl methyl sites for hydroxylation is 1. The van der Waals surface area contributed by atoms with Gasteiger partial charge in [-0.05, 0) is 32.1 Å². The number of aromatic amines is 1. The molecule has 2 aromatic rings. The SMILES string of the molecule is Cc1nc(-c2ncn[nH]2)sc1C(=O)N1[C@@H]2CCCC[C@@H]2C[C@H]1C(=O)O. The van der Waals surface area contributed by atoms with Crippen LogP contribution in [0.2, 0.25) is 0 Å². The largest absolute Gasteiger partial charge is 0.480 e. The summed E-state index contributed by atoms with van der Waals surface area (Å²) >= 11 is 1.24. The molecule has 8 nitrogen and oxygen atoms in total. The quantitative estimate of drug-likeness (QED) is 0.866. The van der Waals surface area contributed by atoms with Crippen molar-refractivity contribution in [2.24, 2.45) is 5.92 Å². The number of aliphatic carboxylic acids is 1. The highest BCUT2D eigenvalue weighted by Crippen LogP contribution is 2.41. The summed E-state index contributed by atoms with van der Waals surface area (Å²) in [6, 6.07) is -0.714. The molecule has 2 aromatic heterocycles. The second-order valence-electron chi connectivity index (χ2n) is 6.68. The number of likely N-dealkylation sites (tertiary alicyclic amines) is 1. The van der Waals surface area contributed by atoms with E-state index in [9.17, 15) is 14.7 Å². The van der Waals surface area contributed by atoms with Crippen molar-refractivity contribution in [3.8, 4) is 10.8 Å². The van der Waals surface area contributed by atoms with Crippen LogP contribution in [0.3, 0.4) is 0 Å². The Labute approximate surface area is 148 Å². The van der Waals surface area contributed by atoms with Crippen molar-refractivity contribution in [1.29, 1.82) is 0 Å². The maximum atomic E-state index is 13.2. The minimum absolute atomic E-state index is 0.0255. The number of carbonyl (C=O) groups excluding carboxylic acids is 1. The van der Waals surface area contributed by atoms with Gasteiger partial charge in [-0.1, -0.05) is 12.8 Å². The zero-order valence-corrected chi connectivity index (χ0v) is 14.6. The summed E-state index contributed by atoms with van der Waals surface area (Å²) in [5.74, 6) is -0.331. The molecule has 0 bridgehead atoms. The first kappa shape index (κ1) is 16.2. The lowest BCUT2D eigenvalue weighted by Crippen LogP contribution is -2.46. The van der Waals surface area contributed by atoms with Gasteiger partial charge in [-0.25, -0.2) is 14.8 Å². The molecule has 1 saturated heterocycles. The van der Waals surface area contributed by atoms with Crippen LogP contribution in [0, 0.1) is 12.8 Å². The lowest BCUT2D eigenvalue weighted by molar-refractivity contribution is -0.141. The fourth-order valence-corrected chi connectivity index (χ4v) is 5.05. The van der Waals surface area contributed by atoms with E-state index in [0.717, 1.165) is 25.7 Å². The lowest BCUT2D eigenvalue weighted by Gasteiger charge is -2.32. The number of carbonyl (C=O) groups is 2. The molecule has 1 aliphatic carbocycles. The molecule has 2 fully saturated rings. The van der Waals surface area contributed by atoms with E-state index >= 15 is 0 Å². The summed E-state index contributed by atoms with van der Waals surface area (Å²) in [5.41, 5.74) is 0.602. The first-order valence-corrected chi connectivity index (χ1v) is 9.26. The van der Waals surface area contributed by atoms with Crippen molar-refractivity contribution >= 4 is 23.2 Å². The normalized spacial score (nSPS) is 25.8. The van der Waals surface area contributed by atoms with Gasteiger partial charge in [0.1, 0.15) is 17.2 Å². The number of aromatic nitrogens is 4. The number of rotatable bonds is 3. The summed E-state index contributed by atoms with van der Waals surface area (Å²) in [6.45, 7) is 1.77. The first-order valence-electron chi connectivity index (χ1n) is 8.45. The molecule has 25 heavy (non-hydrogen) atoms. The molecule has 1 aliphatic heterocycles. The van der Waals surface area contributed by atoms with Gasteiger partial charge in [-0.2, -0.15) is 5.10 Å². The molecule has 3 heterocycles. The van der Waals surface area contributed by atoms with Crippen molar-refractivity contribution in [2.75, 3.05) is 0 Å². The summed E-state index contributed by atoms with van der Waals surface area (Å²) in [4.78, 5) is 35.5. The molecule has 9 heteroatoms. The van der Waals surface area contributed by atoms with E-state index < -0.39 is 12.0 Å². The molecule has 3 atom stereocenters. The number of H-pyrrole nitrogens is 1. The summed E-state index contributed by atoms with van der Waals surface area (Å²) in [7, 11) is 0. The molecule has 4 rings (SSSR count). The second kappa shape index (κ2) is 6.21. The van der Waals surface area contributed by atoms with Crippen LogP contribution in [0.1, 0.15) is 47.5 Å². The number of carboxylic acids is 1. The monoisotopic (exact) mass is 361 g/mol. The highest BCUT2D eigenvalue weighted by atomic mass is 32.1. The van der Waals surface area contributed by atoms with Crippen LogP contribution >= 0.6 is 11.3 Å². The predicted octanol–water partition coefficient (Wildman–Crippen LogP) is 2.09. The van der Waals surface area contributed by atoms with E-state index in [1.165, 1.54) is 17.7 Å². The van der Waals surface area contributed by atoms with Gasteiger partial charge in [-0.15, -0.1) is 11.3 Å². The standard InChI is InChI=1S/C16H19N5O3S/c1-8-12(25-14(19-8)13-17-7-18-20-13)15(22)21-10-5-3-2-4-9(10)6-11(21)16(23)24/h7,9-11H,2-6H2,1H3,(H,23,24)(H,17,18,20)/t9-,10-,11+/m1/s1. The highest BCUT2D eigenvalue weighted by Gasteiger charge is 2.48. The average Bonchev–Trinajstić information content (AvgIpc) is 3.31. The maximum Gasteiger partial charge on any atom is 0.326 e. The molecule has 0 aromatic carbocycles. The third-order valence-corrected chi connectivity index (χ3v) is 6.37. The zero-order chi connectivity index (χ0) is 17.6. The number of fused-ring (bicyclic) bond motifs is 1. The van der Waals surface area contributed by atoms with Gasteiger partial charge < -0.3 is 10.0 Å². The van der Waals surface area contributed by atoms with E-state index in [0.29, 0.717) is 33.7 Å². The van der Waals surface area contributed by atoms with Crippen LogP contribution in [0.5, 0.6) is 0 Å². The van der Waals surface area contributed by atoms with Gasteiger partial charge >= 0.3 is 5.97 Å². The van der Waals surface area contributed by atoms with Crippen molar-refractivity contribution < 1.29 is 14.7 Å². The van der Waals surface area contributed by atoms with Gasteiger partial charge in [0.15, 0.2) is 10.8 Å². The number of hydrogen-bond donors (Lipinski definition) is 2. The van der Waals surface area contributed by atoms with Gasteiger partial charge in [0.2, 0.25) is 0 Å². The Balaban J connectivity index is 1.68. The van der Waals surface area contributed by atoms with Crippen LogP contribution < -0.4 is 0 Å². The fraction of sp³-hybridized carbons (Fsp3) is 0.562. The molecular formula is C16H19N5O3S. The summed E-state index contributed by atoms with van der Waals surface area (Å²) in [5, 5.41) is 16.8. The topological polar surface area (TPSA) is 112 Å².